The number of para-hydroxylation sites is 2. The number of fused-ring (bicyclic) bond motifs is 2. The van der Waals surface area contributed by atoms with Gasteiger partial charge in [0.2, 0.25) is 4.96 Å². The van der Waals surface area contributed by atoms with Crippen molar-refractivity contribution in [2.45, 2.75) is 24.3 Å². The molecular weight excluding hydrogens is 332 g/mol. The number of hydrogen-bond donors (Lipinski definition) is 0. The zero-order valence-corrected chi connectivity index (χ0v) is 13.9. The van der Waals surface area contributed by atoms with Crippen LogP contribution in [0, 0.1) is 0 Å². The lowest BCUT2D eigenvalue weighted by Crippen LogP contribution is -2.15. The van der Waals surface area contributed by atoms with Crippen molar-refractivity contribution < 1.29 is 4.42 Å². The molecule has 8 heteroatoms. The molecule has 0 saturated heterocycles. The van der Waals surface area contributed by atoms with E-state index in [1.54, 1.807) is 0 Å². The summed E-state index contributed by atoms with van der Waals surface area (Å²) in [6, 6.07) is 9.13. The molecule has 0 fully saturated rings. The summed E-state index contributed by atoms with van der Waals surface area (Å²) in [6.07, 6.45) is 0.792. The van der Waals surface area contributed by atoms with Crippen molar-refractivity contribution >= 4 is 39.2 Å². The van der Waals surface area contributed by atoms with Gasteiger partial charge in [-0.3, -0.25) is 4.79 Å². The average Bonchev–Trinajstić information content (AvgIpc) is 3.16. The quantitative estimate of drug-likeness (QED) is 0.530. The molecule has 116 valence electrons. The number of hydrogen-bond acceptors (Lipinski definition) is 7. The molecule has 0 bridgehead atoms. The monoisotopic (exact) mass is 344 g/mol. The Balaban J connectivity index is 1.60. The number of benzene rings is 1. The highest BCUT2D eigenvalue weighted by molar-refractivity contribution is 7.98. The number of thioether (sulfide) groups is 1. The molecular formula is C15H12N4O2S2. The van der Waals surface area contributed by atoms with Crippen molar-refractivity contribution in [3.63, 3.8) is 0 Å². The third kappa shape index (κ3) is 2.75. The highest BCUT2D eigenvalue weighted by Crippen LogP contribution is 2.25. The summed E-state index contributed by atoms with van der Waals surface area (Å²) in [5.41, 5.74) is 2.13. The molecule has 3 heterocycles. The van der Waals surface area contributed by atoms with Gasteiger partial charge in [-0.15, -0.1) is 0 Å². The second-order valence-corrected chi connectivity index (χ2v) is 6.83. The zero-order chi connectivity index (χ0) is 15.8. The van der Waals surface area contributed by atoms with Crippen molar-refractivity contribution in [2.75, 3.05) is 0 Å². The molecule has 0 saturated carbocycles. The molecule has 1 aromatic carbocycles. The second-order valence-electron chi connectivity index (χ2n) is 4.87. The van der Waals surface area contributed by atoms with Crippen molar-refractivity contribution in [3.05, 3.63) is 51.4 Å². The lowest BCUT2D eigenvalue weighted by atomic mass is 10.3. The lowest BCUT2D eigenvalue weighted by Gasteiger charge is -1.97. The maximum absolute atomic E-state index is 12.1. The highest BCUT2D eigenvalue weighted by atomic mass is 32.2. The van der Waals surface area contributed by atoms with Crippen molar-refractivity contribution in [1.82, 2.24) is 19.6 Å². The van der Waals surface area contributed by atoms with E-state index in [0.29, 0.717) is 21.6 Å². The number of rotatable bonds is 4. The Labute approximate surface area is 139 Å². The lowest BCUT2D eigenvalue weighted by molar-refractivity contribution is 0.489. The normalized spacial score (nSPS) is 11.5. The third-order valence-electron chi connectivity index (χ3n) is 3.26. The third-order valence-corrected chi connectivity index (χ3v) is 5.17. The first-order valence-corrected chi connectivity index (χ1v) is 8.90. The van der Waals surface area contributed by atoms with Gasteiger partial charge in [-0.25, -0.2) is 9.97 Å². The van der Waals surface area contributed by atoms with Crippen LogP contribution in [0.25, 0.3) is 16.1 Å². The van der Waals surface area contributed by atoms with Crippen LogP contribution in [-0.2, 0) is 12.2 Å². The molecule has 0 spiro atoms. The Kier molecular flexibility index (Phi) is 3.62. The van der Waals surface area contributed by atoms with Gasteiger partial charge in [0.25, 0.3) is 10.8 Å². The van der Waals surface area contributed by atoms with E-state index in [0.717, 1.165) is 22.5 Å². The van der Waals surface area contributed by atoms with Crippen LogP contribution < -0.4 is 5.56 Å². The van der Waals surface area contributed by atoms with Gasteiger partial charge in [-0.2, -0.15) is 9.61 Å². The molecule has 4 rings (SSSR count). The van der Waals surface area contributed by atoms with Gasteiger partial charge in [-0.05, 0) is 18.6 Å². The smallest absolute Gasteiger partial charge is 0.275 e. The molecule has 0 unspecified atom stereocenters. The second kappa shape index (κ2) is 5.78. The topological polar surface area (TPSA) is 73.3 Å². The molecule has 0 atom stereocenters. The van der Waals surface area contributed by atoms with Gasteiger partial charge in [-0.1, -0.05) is 42.2 Å². The van der Waals surface area contributed by atoms with Crippen molar-refractivity contribution in [2.24, 2.45) is 0 Å². The van der Waals surface area contributed by atoms with Gasteiger partial charge < -0.3 is 4.42 Å². The maximum atomic E-state index is 12.1. The fourth-order valence-corrected chi connectivity index (χ4v) is 3.75. The molecule has 23 heavy (non-hydrogen) atoms. The van der Waals surface area contributed by atoms with Crippen LogP contribution in [0.4, 0.5) is 0 Å². The number of nitrogens with zero attached hydrogens (tertiary/aromatic N) is 4. The Morgan fingerprint density at radius 2 is 2.17 bits per heavy atom. The first-order valence-electron chi connectivity index (χ1n) is 7.10. The minimum Gasteiger partial charge on any atom is -0.431 e. The first kappa shape index (κ1) is 14.4. The Hall–Kier alpha value is -2.19. The van der Waals surface area contributed by atoms with Crippen LogP contribution in [0.5, 0.6) is 0 Å². The molecule has 0 aliphatic rings. The summed E-state index contributed by atoms with van der Waals surface area (Å²) < 4.78 is 7.02. The summed E-state index contributed by atoms with van der Waals surface area (Å²) in [5.74, 6) is 0.526. The van der Waals surface area contributed by atoms with Gasteiger partial charge in [0, 0.05) is 11.8 Å². The largest absolute Gasteiger partial charge is 0.431 e. The molecule has 0 amide bonds. The van der Waals surface area contributed by atoms with Crippen LogP contribution in [-0.4, -0.2) is 19.6 Å². The first-order chi connectivity index (χ1) is 11.2. The van der Waals surface area contributed by atoms with Gasteiger partial charge >= 0.3 is 0 Å². The highest BCUT2D eigenvalue weighted by Gasteiger charge is 2.10. The molecule has 0 aliphatic heterocycles. The van der Waals surface area contributed by atoms with Gasteiger partial charge in [0.1, 0.15) is 10.5 Å². The minimum atomic E-state index is -0.154. The van der Waals surface area contributed by atoms with Crippen molar-refractivity contribution in [3.8, 4) is 0 Å². The van der Waals surface area contributed by atoms with Crippen LogP contribution in [0.1, 0.15) is 17.6 Å². The zero-order valence-electron chi connectivity index (χ0n) is 12.2. The molecule has 4 aromatic rings. The van der Waals surface area contributed by atoms with Crippen LogP contribution in [0.15, 0.2) is 44.8 Å². The number of aromatic nitrogens is 4. The fourth-order valence-electron chi connectivity index (χ4n) is 2.16. The van der Waals surface area contributed by atoms with E-state index in [1.165, 1.54) is 33.7 Å². The summed E-state index contributed by atoms with van der Waals surface area (Å²) in [5, 5.41) is 5.72. The van der Waals surface area contributed by atoms with E-state index in [-0.39, 0.29) is 5.56 Å². The summed E-state index contributed by atoms with van der Waals surface area (Å²) in [7, 11) is 0. The molecule has 0 aliphatic carbocycles. The fraction of sp³-hybridized carbons (Fsp3) is 0.200. The molecule has 0 radical (unpaired) electrons. The minimum absolute atomic E-state index is 0.154. The molecule has 0 N–H and O–H groups in total. The van der Waals surface area contributed by atoms with Crippen LogP contribution in [0.2, 0.25) is 0 Å². The predicted molar refractivity (Wildman–Crippen MR) is 90.1 cm³/mol. The van der Waals surface area contributed by atoms with Gasteiger partial charge in [0.15, 0.2) is 5.58 Å². The standard InChI is InChI=1S/C15H12N4O2S2/c1-2-12-18-19-13(20)7-9(16-14(19)23-12)8-22-15-17-10-5-3-4-6-11(10)21-15/h3-7H,2,8H2,1H3. The van der Waals surface area contributed by atoms with E-state index in [4.69, 9.17) is 4.42 Å². The van der Waals surface area contributed by atoms with E-state index in [1.807, 2.05) is 31.2 Å². The Morgan fingerprint density at radius 3 is 3.00 bits per heavy atom. The van der Waals surface area contributed by atoms with E-state index in [2.05, 4.69) is 15.1 Å². The Bertz CT molecular complexity index is 1020. The summed E-state index contributed by atoms with van der Waals surface area (Å²) in [6.45, 7) is 2.01. The van der Waals surface area contributed by atoms with Crippen LogP contribution in [0.3, 0.4) is 0 Å². The number of oxazole rings is 1. The van der Waals surface area contributed by atoms with Crippen molar-refractivity contribution in [1.29, 1.82) is 0 Å². The SMILES string of the molecule is CCc1nn2c(=O)cc(CSc3nc4ccccc4o3)nc2s1. The summed E-state index contributed by atoms with van der Waals surface area (Å²) in [4.78, 5) is 21.6. The average molecular weight is 344 g/mol. The number of aryl methyl sites for hydroxylation is 1. The molecule has 6 nitrogen and oxygen atoms in total. The van der Waals surface area contributed by atoms with E-state index < -0.39 is 0 Å². The summed E-state index contributed by atoms with van der Waals surface area (Å²) >= 11 is 2.87. The van der Waals surface area contributed by atoms with Crippen LogP contribution >= 0.6 is 23.1 Å². The predicted octanol–water partition coefficient (Wildman–Crippen LogP) is 3.15. The molecule has 3 aromatic heterocycles. The van der Waals surface area contributed by atoms with Gasteiger partial charge in [0.05, 0.1) is 5.69 Å². The maximum Gasteiger partial charge on any atom is 0.275 e. The van der Waals surface area contributed by atoms with E-state index >= 15 is 0 Å². The Morgan fingerprint density at radius 1 is 1.30 bits per heavy atom. The van der Waals surface area contributed by atoms with E-state index in [9.17, 15) is 4.79 Å².